The zero-order valence-corrected chi connectivity index (χ0v) is 21.7. The second-order valence-corrected chi connectivity index (χ2v) is 9.93. The summed E-state index contributed by atoms with van der Waals surface area (Å²) in [5.74, 6) is 0.760. The molecule has 1 heterocycles. The van der Waals surface area contributed by atoms with E-state index in [1.165, 1.54) is 29.5 Å². The van der Waals surface area contributed by atoms with Crippen LogP contribution in [-0.2, 0) is 17.8 Å². The Kier molecular flexibility index (Phi) is 7.99. The number of anilines is 1. The van der Waals surface area contributed by atoms with E-state index in [0.29, 0.717) is 16.4 Å². The van der Waals surface area contributed by atoms with Crippen LogP contribution in [0.2, 0.25) is 0 Å². The van der Waals surface area contributed by atoms with Gasteiger partial charge in [0.15, 0.2) is 17.0 Å². The van der Waals surface area contributed by atoms with Crippen LogP contribution >= 0.6 is 34.4 Å². The average molecular weight is 590 g/mol. The summed E-state index contributed by atoms with van der Waals surface area (Å²) < 4.78 is 25.5. The lowest BCUT2D eigenvalue weighted by molar-refractivity contribution is -0.116. The monoisotopic (exact) mass is 590 g/mol. The van der Waals surface area contributed by atoms with E-state index >= 15 is 0 Å². The van der Waals surface area contributed by atoms with E-state index in [1.54, 1.807) is 19.2 Å². The Labute approximate surface area is 216 Å². The van der Waals surface area contributed by atoms with E-state index in [2.05, 4.69) is 52.3 Å². The molecule has 2 N–H and O–H groups in total. The topological polar surface area (TPSA) is 59.6 Å². The lowest BCUT2D eigenvalue weighted by Gasteiger charge is -2.14. The van der Waals surface area contributed by atoms with Crippen molar-refractivity contribution in [3.8, 4) is 11.5 Å². The number of ether oxygens (including phenoxy) is 2. The maximum Gasteiger partial charge on any atom is 0.260 e. The van der Waals surface area contributed by atoms with Crippen LogP contribution in [0, 0.1) is 9.39 Å². The molecule has 1 aliphatic rings. The normalized spacial score (nSPS) is 16.4. The van der Waals surface area contributed by atoms with Gasteiger partial charge in [-0.15, -0.1) is 0 Å². The number of carbonyl (C=O) groups excluding carboxylic acids is 1. The highest BCUT2D eigenvalue weighted by Crippen LogP contribution is 2.37. The molecule has 176 valence electrons. The number of amides is 1. The van der Waals surface area contributed by atoms with Crippen molar-refractivity contribution in [2.45, 2.75) is 25.4 Å². The predicted molar refractivity (Wildman–Crippen MR) is 143 cm³/mol. The number of benzene rings is 3. The fraction of sp³-hybridized carbons (Fsp3) is 0.192. The summed E-state index contributed by atoms with van der Waals surface area (Å²) >= 11 is 3.62. The Morgan fingerprint density at radius 2 is 1.82 bits per heavy atom. The number of methoxy groups -OCH3 is 1. The van der Waals surface area contributed by atoms with Crippen LogP contribution in [0.3, 0.4) is 0 Å². The van der Waals surface area contributed by atoms with Crippen LogP contribution in [0.4, 0.5) is 10.1 Å². The fourth-order valence-electron chi connectivity index (χ4n) is 3.40. The van der Waals surface area contributed by atoms with Crippen LogP contribution < -0.4 is 20.1 Å². The van der Waals surface area contributed by atoms with E-state index in [4.69, 9.17) is 9.47 Å². The van der Waals surface area contributed by atoms with Crippen LogP contribution in [0.15, 0.2) is 65.6 Å². The maximum absolute atomic E-state index is 13.1. The first-order chi connectivity index (χ1) is 16.4. The molecule has 1 amide bonds. The minimum Gasteiger partial charge on any atom is -0.493 e. The first-order valence-electron chi connectivity index (χ1n) is 10.7. The van der Waals surface area contributed by atoms with Gasteiger partial charge in [-0.25, -0.2) is 4.39 Å². The number of hydrogen-bond acceptors (Lipinski definition) is 5. The van der Waals surface area contributed by atoms with Crippen molar-refractivity contribution in [2.75, 3.05) is 12.4 Å². The first kappa shape index (κ1) is 24.4. The number of carbonyl (C=O) groups is 1. The van der Waals surface area contributed by atoms with Gasteiger partial charge in [-0.05, 0) is 88.2 Å². The van der Waals surface area contributed by atoms with E-state index in [0.717, 1.165) is 26.8 Å². The summed E-state index contributed by atoms with van der Waals surface area (Å²) in [6.45, 7) is 2.41. The third-order valence-electron chi connectivity index (χ3n) is 5.24. The quantitative estimate of drug-likeness (QED) is 0.243. The van der Waals surface area contributed by atoms with Gasteiger partial charge in [0, 0.05) is 5.69 Å². The molecule has 0 aliphatic carbocycles. The zero-order valence-electron chi connectivity index (χ0n) is 18.7. The summed E-state index contributed by atoms with van der Waals surface area (Å²) in [6, 6.07) is 18.2. The third kappa shape index (κ3) is 6.04. The van der Waals surface area contributed by atoms with Crippen molar-refractivity contribution in [3.63, 3.8) is 0 Å². The number of nitrogens with one attached hydrogen (secondary N) is 2. The molecule has 8 heteroatoms. The molecule has 0 bridgehead atoms. The molecule has 1 fully saturated rings. The van der Waals surface area contributed by atoms with Crippen LogP contribution in [-0.4, -0.2) is 18.5 Å². The third-order valence-corrected chi connectivity index (χ3v) is 7.07. The van der Waals surface area contributed by atoms with E-state index < -0.39 is 0 Å². The highest BCUT2D eigenvalue weighted by Gasteiger charge is 2.27. The summed E-state index contributed by atoms with van der Waals surface area (Å²) in [6.07, 6.45) is 2.83. The molecule has 0 spiro atoms. The maximum atomic E-state index is 13.1. The van der Waals surface area contributed by atoms with Crippen molar-refractivity contribution >= 4 is 52.0 Å². The molecule has 34 heavy (non-hydrogen) atoms. The molecule has 3 aromatic rings. The molecule has 0 radical (unpaired) electrons. The molecule has 1 saturated heterocycles. The Balaban J connectivity index is 1.46. The Hall–Kier alpha value is -2.72. The molecule has 5 nitrogen and oxygen atoms in total. The highest BCUT2D eigenvalue weighted by atomic mass is 127. The fourth-order valence-corrected chi connectivity index (χ4v) is 5.17. The minimum atomic E-state index is -0.283. The number of thioether (sulfide) groups is 1. The van der Waals surface area contributed by atoms with Crippen LogP contribution in [0.25, 0.3) is 6.08 Å². The molecule has 0 aromatic heterocycles. The predicted octanol–water partition coefficient (Wildman–Crippen LogP) is 6.18. The lowest BCUT2D eigenvalue weighted by Crippen LogP contribution is -2.30. The minimum absolute atomic E-state index is 0.127. The van der Waals surface area contributed by atoms with Crippen molar-refractivity contribution in [1.82, 2.24) is 5.32 Å². The zero-order chi connectivity index (χ0) is 24.1. The summed E-state index contributed by atoms with van der Waals surface area (Å²) in [5.41, 5.74) is 3.66. The summed E-state index contributed by atoms with van der Waals surface area (Å²) in [4.78, 5) is 13.2. The number of halogens is 2. The first-order valence-corrected chi connectivity index (χ1v) is 12.7. The van der Waals surface area contributed by atoms with Gasteiger partial charge in [0.1, 0.15) is 12.4 Å². The number of aryl methyl sites for hydroxylation is 1. The van der Waals surface area contributed by atoms with Crippen LogP contribution in [0.1, 0.15) is 23.6 Å². The van der Waals surface area contributed by atoms with E-state index in [-0.39, 0.29) is 23.8 Å². The van der Waals surface area contributed by atoms with Gasteiger partial charge in [0.05, 0.1) is 15.6 Å². The Morgan fingerprint density at radius 3 is 2.50 bits per heavy atom. The SMILES string of the molecule is CCc1ccc(N[C@H]2NC(=O)/C(=C/c3cc(I)c(OCc4ccc(F)cc4)c(OC)c3)S2)cc1. The van der Waals surface area contributed by atoms with E-state index in [9.17, 15) is 9.18 Å². The molecule has 0 saturated carbocycles. The lowest BCUT2D eigenvalue weighted by atomic mass is 10.1. The second-order valence-electron chi connectivity index (χ2n) is 7.62. The molecule has 4 rings (SSSR count). The van der Waals surface area contributed by atoms with E-state index in [1.807, 2.05) is 30.3 Å². The molecule has 1 atom stereocenters. The van der Waals surface area contributed by atoms with Gasteiger partial charge >= 0.3 is 0 Å². The smallest absolute Gasteiger partial charge is 0.260 e. The van der Waals surface area contributed by atoms with Gasteiger partial charge in [0.25, 0.3) is 5.91 Å². The molecular formula is C26H24FIN2O3S. The van der Waals surface area contributed by atoms with Crippen molar-refractivity contribution < 1.29 is 18.7 Å². The summed E-state index contributed by atoms with van der Waals surface area (Å²) in [5, 5.41) is 6.30. The molecule has 0 unspecified atom stereocenters. The van der Waals surface area contributed by atoms with Crippen LogP contribution in [0.5, 0.6) is 11.5 Å². The van der Waals surface area contributed by atoms with Gasteiger partial charge < -0.3 is 20.1 Å². The largest absolute Gasteiger partial charge is 0.493 e. The van der Waals surface area contributed by atoms with Gasteiger partial charge in [-0.1, -0.05) is 43.0 Å². The standard InChI is InChI=1S/C26H24FIN2O3S/c1-3-16-6-10-20(11-7-16)29-26-30-25(31)23(34-26)14-18-12-21(28)24(22(13-18)32-2)33-15-17-4-8-19(27)9-5-17/h4-14,26,29H,3,15H2,1-2H3,(H,30,31)/b23-14-/t26-/m0/s1. The highest BCUT2D eigenvalue weighted by molar-refractivity contribution is 14.1. The average Bonchev–Trinajstić information content (AvgIpc) is 3.17. The van der Waals surface area contributed by atoms with Crippen molar-refractivity contribution in [3.05, 3.63) is 91.6 Å². The number of hydrogen-bond donors (Lipinski definition) is 2. The Morgan fingerprint density at radius 1 is 1.12 bits per heavy atom. The van der Waals surface area contributed by atoms with Gasteiger partial charge in [0.2, 0.25) is 0 Å². The molecular weight excluding hydrogens is 566 g/mol. The second kappa shape index (κ2) is 11.1. The summed E-state index contributed by atoms with van der Waals surface area (Å²) in [7, 11) is 1.58. The Bertz CT molecular complexity index is 1200. The van der Waals surface area contributed by atoms with Crippen molar-refractivity contribution in [2.24, 2.45) is 0 Å². The molecule has 3 aromatic carbocycles. The van der Waals surface area contributed by atoms with Gasteiger partial charge in [-0.2, -0.15) is 0 Å². The van der Waals surface area contributed by atoms with Crippen molar-refractivity contribution in [1.29, 1.82) is 0 Å². The number of rotatable bonds is 8. The van der Waals surface area contributed by atoms with Gasteiger partial charge in [-0.3, -0.25) is 4.79 Å². The molecule has 1 aliphatic heterocycles.